The van der Waals surface area contributed by atoms with Gasteiger partial charge < -0.3 is 4.57 Å². The van der Waals surface area contributed by atoms with Crippen LogP contribution in [0.5, 0.6) is 0 Å². The van der Waals surface area contributed by atoms with Crippen molar-refractivity contribution >= 4 is 0 Å². The first kappa shape index (κ1) is 22.8. The third-order valence-electron chi connectivity index (χ3n) is 8.46. The van der Waals surface area contributed by atoms with Crippen LogP contribution in [0.1, 0.15) is 49.3 Å². The van der Waals surface area contributed by atoms with E-state index < -0.39 is 0 Å². The Balaban J connectivity index is 1.29. The van der Waals surface area contributed by atoms with Gasteiger partial charge in [0.1, 0.15) is 5.82 Å². The van der Waals surface area contributed by atoms with Crippen molar-refractivity contribution in [1.29, 1.82) is 0 Å². The van der Waals surface area contributed by atoms with Gasteiger partial charge in [-0.25, -0.2) is 9.67 Å². The number of likely N-dealkylation sites (tertiary alicyclic amines) is 1. The molecule has 1 saturated carbocycles. The molecule has 3 fully saturated rings. The molecule has 1 atom stereocenters. The summed E-state index contributed by atoms with van der Waals surface area (Å²) in [4.78, 5) is 12.6. The Hall–Kier alpha value is -2.62. The van der Waals surface area contributed by atoms with Gasteiger partial charge in [-0.3, -0.25) is 14.7 Å². The maximum atomic E-state index is 4.70. The number of nitrogens with zero attached hydrogens (tertiary/aromatic N) is 9. The van der Waals surface area contributed by atoms with Gasteiger partial charge in [0.25, 0.3) is 0 Å². The van der Waals surface area contributed by atoms with Gasteiger partial charge in [-0.2, -0.15) is 0 Å². The molecule has 1 unspecified atom stereocenters. The van der Waals surface area contributed by atoms with Crippen LogP contribution < -0.4 is 0 Å². The Morgan fingerprint density at radius 3 is 2.63 bits per heavy atom. The summed E-state index contributed by atoms with van der Waals surface area (Å²) >= 11 is 0. The molecule has 2 aromatic heterocycles. The fraction of sp³-hybridized carbons (Fsp3) is 0.615. The summed E-state index contributed by atoms with van der Waals surface area (Å²) in [7, 11) is 2.08. The van der Waals surface area contributed by atoms with Gasteiger partial charge in [0, 0.05) is 58.2 Å². The molecule has 9 nitrogen and oxygen atoms in total. The number of benzene rings is 1. The van der Waals surface area contributed by atoms with Gasteiger partial charge in [-0.1, -0.05) is 36.8 Å². The van der Waals surface area contributed by atoms with Crippen LogP contribution in [0, 0.1) is 0 Å². The van der Waals surface area contributed by atoms with Crippen LogP contribution in [-0.4, -0.2) is 89.8 Å². The minimum absolute atomic E-state index is 0.181. The van der Waals surface area contributed by atoms with Crippen molar-refractivity contribution < 1.29 is 0 Å². The standard InChI is InChI=1S/C26H37N9/c1-31-16-12-27-24(31)20-32-15-11-26(21-32,34-14-6-13-33(17-18-34)23-9-5-10-23)25-28-29-30-35(25)19-22-7-3-2-4-8-22/h2-4,7-8,12,16,23H,5-6,9-11,13-15,17-21H2,1H3. The number of rotatable bonds is 7. The lowest BCUT2D eigenvalue weighted by Crippen LogP contribution is -2.52. The van der Waals surface area contributed by atoms with E-state index in [4.69, 9.17) is 5.10 Å². The van der Waals surface area contributed by atoms with E-state index in [0.717, 1.165) is 63.4 Å². The first-order chi connectivity index (χ1) is 17.2. The topological polar surface area (TPSA) is 71.1 Å². The fourth-order valence-electron chi connectivity index (χ4n) is 6.22. The van der Waals surface area contributed by atoms with Crippen LogP contribution in [0.15, 0.2) is 42.7 Å². The maximum Gasteiger partial charge on any atom is 0.173 e. The second-order valence-corrected chi connectivity index (χ2v) is 10.6. The van der Waals surface area contributed by atoms with Crippen LogP contribution in [0.25, 0.3) is 0 Å². The molecule has 2 saturated heterocycles. The zero-order chi connectivity index (χ0) is 23.7. The van der Waals surface area contributed by atoms with Crippen LogP contribution in [0.2, 0.25) is 0 Å². The molecule has 9 heteroatoms. The Labute approximate surface area is 207 Å². The quantitative estimate of drug-likeness (QED) is 0.518. The lowest BCUT2D eigenvalue weighted by atomic mass is 9.91. The monoisotopic (exact) mass is 475 g/mol. The van der Waals surface area contributed by atoms with E-state index in [-0.39, 0.29) is 5.54 Å². The van der Waals surface area contributed by atoms with Gasteiger partial charge in [0.05, 0.1) is 18.6 Å². The summed E-state index contributed by atoms with van der Waals surface area (Å²) in [5, 5.41) is 13.4. The zero-order valence-corrected chi connectivity index (χ0v) is 20.8. The average Bonchev–Trinajstić information content (AvgIpc) is 3.53. The number of hydrogen-bond acceptors (Lipinski definition) is 7. The van der Waals surface area contributed by atoms with Crippen molar-refractivity contribution in [2.24, 2.45) is 7.05 Å². The van der Waals surface area contributed by atoms with Crippen molar-refractivity contribution in [3.63, 3.8) is 0 Å². The van der Waals surface area contributed by atoms with E-state index >= 15 is 0 Å². The Bertz CT molecular complexity index is 1100. The van der Waals surface area contributed by atoms with Gasteiger partial charge in [-0.15, -0.1) is 5.10 Å². The van der Waals surface area contributed by atoms with Gasteiger partial charge in [0.15, 0.2) is 5.82 Å². The molecular weight excluding hydrogens is 438 g/mol. The second kappa shape index (κ2) is 9.79. The summed E-state index contributed by atoms with van der Waals surface area (Å²) < 4.78 is 4.18. The SMILES string of the molecule is Cn1ccnc1CN1CCC(c2nnnn2Cc2ccccc2)(N2CCCN(C3CCC3)CC2)C1. The molecule has 1 aliphatic carbocycles. The Morgan fingerprint density at radius 2 is 1.86 bits per heavy atom. The minimum Gasteiger partial charge on any atom is -0.337 e. The number of imidazole rings is 1. The molecule has 2 aliphatic heterocycles. The number of hydrogen-bond donors (Lipinski definition) is 0. The van der Waals surface area contributed by atoms with Crippen molar-refractivity contribution in [2.75, 3.05) is 39.3 Å². The maximum absolute atomic E-state index is 4.70. The molecule has 35 heavy (non-hydrogen) atoms. The zero-order valence-electron chi connectivity index (χ0n) is 20.8. The Morgan fingerprint density at radius 1 is 0.971 bits per heavy atom. The normalized spacial score (nSPS) is 25.1. The number of aromatic nitrogens is 6. The lowest BCUT2D eigenvalue weighted by molar-refractivity contribution is 0.0723. The summed E-state index contributed by atoms with van der Waals surface area (Å²) in [5.74, 6) is 2.12. The van der Waals surface area contributed by atoms with Crippen molar-refractivity contribution in [3.05, 3.63) is 59.9 Å². The summed E-state index contributed by atoms with van der Waals surface area (Å²) in [6.07, 6.45) is 10.3. The molecular formula is C26H37N9. The average molecular weight is 476 g/mol. The largest absolute Gasteiger partial charge is 0.337 e. The highest BCUT2D eigenvalue weighted by molar-refractivity contribution is 5.18. The lowest BCUT2D eigenvalue weighted by Gasteiger charge is -2.40. The van der Waals surface area contributed by atoms with Crippen LogP contribution >= 0.6 is 0 Å². The predicted molar refractivity (Wildman–Crippen MR) is 134 cm³/mol. The first-order valence-electron chi connectivity index (χ1n) is 13.2. The fourth-order valence-corrected chi connectivity index (χ4v) is 6.22. The van der Waals surface area contributed by atoms with E-state index in [1.165, 1.54) is 37.8 Å². The van der Waals surface area contributed by atoms with Gasteiger partial charge in [-0.05, 0) is 48.2 Å². The molecule has 3 aromatic rings. The van der Waals surface area contributed by atoms with Crippen molar-refractivity contribution in [3.8, 4) is 0 Å². The molecule has 0 bridgehead atoms. The van der Waals surface area contributed by atoms with E-state index in [2.05, 4.69) is 72.1 Å². The third kappa shape index (κ3) is 4.52. The van der Waals surface area contributed by atoms with E-state index in [9.17, 15) is 0 Å². The summed E-state index contributed by atoms with van der Waals surface area (Å²) in [6.45, 7) is 8.03. The number of tetrazole rings is 1. The molecule has 0 radical (unpaired) electrons. The molecule has 0 N–H and O–H groups in total. The molecule has 6 rings (SSSR count). The first-order valence-corrected chi connectivity index (χ1v) is 13.2. The Kier molecular flexibility index (Phi) is 6.39. The van der Waals surface area contributed by atoms with E-state index in [0.29, 0.717) is 6.54 Å². The second-order valence-electron chi connectivity index (χ2n) is 10.6. The number of aryl methyl sites for hydroxylation is 1. The molecule has 186 valence electrons. The van der Waals surface area contributed by atoms with Crippen LogP contribution in [0.4, 0.5) is 0 Å². The molecule has 0 spiro atoms. The van der Waals surface area contributed by atoms with Crippen molar-refractivity contribution in [2.45, 2.75) is 56.8 Å². The van der Waals surface area contributed by atoms with Crippen LogP contribution in [-0.2, 0) is 25.7 Å². The molecule has 3 aliphatic rings. The highest BCUT2D eigenvalue weighted by Gasteiger charge is 2.49. The van der Waals surface area contributed by atoms with E-state index in [1.54, 1.807) is 0 Å². The third-order valence-corrected chi connectivity index (χ3v) is 8.46. The summed E-state index contributed by atoms with van der Waals surface area (Å²) in [6, 6.07) is 11.3. The highest BCUT2D eigenvalue weighted by atomic mass is 15.6. The molecule has 0 amide bonds. The molecule has 4 heterocycles. The molecule has 1 aromatic carbocycles. The minimum atomic E-state index is -0.181. The predicted octanol–water partition coefficient (Wildman–Crippen LogP) is 2.12. The van der Waals surface area contributed by atoms with E-state index in [1.807, 2.05) is 17.1 Å². The van der Waals surface area contributed by atoms with Gasteiger partial charge >= 0.3 is 0 Å². The summed E-state index contributed by atoms with van der Waals surface area (Å²) in [5.41, 5.74) is 1.05. The van der Waals surface area contributed by atoms with Crippen molar-refractivity contribution in [1.82, 2.24) is 44.5 Å². The highest BCUT2D eigenvalue weighted by Crippen LogP contribution is 2.38. The van der Waals surface area contributed by atoms with Crippen LogP contribution in [0.3, 0.4) is 0 Å². The smallest absolute Gasteiger partial charge is 0.173 e. The van der Waals surface area contributed by atoms with Gasteiger partial charge in [0.2, 0.25) is 0 Å².